The maximum absolute atomic E-state index is 12.9. The van der Waals surface area contributed by atoms with Crippen LogP contribution >= 0.6 is 0 Å². The molecule has 9 nitrogen and oxygen atoms in total. The summed E-state index contributed by atoms with van der Waals surface area (Å²) in [5.74, 6) is 2.06. The number of carbonyl (C=O) groups excluding carboxylic acids is 1. The summed E-state index contributed by atoms with van der Waals surface area (Å²) in [6, 6.07) is 6.16. The fraction of sp³-hybridized carbons (Fsp3) is 0.571. The number of benzene rings is 1. The summed E-state index contributed by atoms with van der Waals surface area (Å²) in [6.07, 6.45) is 4.50. The number of piperidine rings is 3. The number of nitrogens with one attached hydrogen (secondary N) is 1. The van der Waals surface area contributed by atoms with Gasteiger partial charge in [0.25, 0.3) is 0 Å². The Morgan fingerprint density at radius 3 is 3.03 bits per heavy atom. The Morgan fingerprint density at radius 2 is 2.20 bits per heavy atom. The van der Waals surface area contributed by atoms with Crippen molar-refractivity contribution >= 4 is 5.91 Å². The predicted molar refractivity (Wildman–Crippen MR) is 107 cm³/mol. The zero-order chi connectivity index (χ0) is 20.5. The largest absolute Gasteiger partial charge is 0.454 e. The molecule has 1 unspecified atom stereocenters. The van der Waals surface area contributed by atoms with E-state index in [1.807, 2.05) is 29.1 Å². The van der Waals surface area contributed by atoms with E-state index in [0.717, 1.165) is 55.2 Å². The molecule has 0 aliphatic carbocycles. The van der Waals surface area contributed by atoms with Gasteiger partial charge in [0.15, 0.2) is 11.5 Å². The molecule has 2 bridgehead atoms. The highest BCUT2D eigenvalue weighted by Crippen LogP contribution is 2.37. The van der Waals surface area contributed by atoms with Gasteiger partial charge in [-0.25, -0.2) is 0 Å². The normalized spacial score (nSPS) is 26.7. The summed E-state index contributed by atoms with van der Waals surface area (Å²) >= 11 is 0. The fourth-order valence-corrected chi connectivity index (χ4v) is 4.87. The molecule has 0 spiro atoms. The third kappa shape index (κ3) is 3.87. The lowest BCUT2D eigenvalue weighted by Crippen LogP contribution is -2.58. The number of fused-ring (bicyclic) bond motifs is 4. The molecule has 1 aromatic heterocycles. The number of rotatable bonds is 7. The molecule has 4 aliphatic rings. The minimum Gasteiger partial charge on any atom is -0.454 e. The minimum absolute atomic E-state index is 0.0321. The van der Waals surface area contributed by atoms with Crippen molar-refractivity contribution < 1.29 is 19.4 Å². The van der Waals surface area contributed by atoms with Crippen LogP contribution in [0.1, 0.15) is 24.1 Å². The van der Waals surface area contributed by atoms with Gasteiger partial charge in [-0.05, 0) is 43.0 Å². The number of hydrogen-bond donors (Lipinski definition) is 2. The van der Waals surface area contributed by atoms with Gasteiger partial charge >= 0.3 is 0 Å². The molecule has 2 aromatic rings. The van der Waals surface area contributed by atoms with Crippen LogP contribution in [0.3, 0.4) is 0 Å². The Hall–Kier alpha value is -2.65. The van der Waals surface area contributed by atoms with Gasteiger partial charge in [0.05, 0.1) is 18.2 Å². The molecule has 0 saturated carbocycles. The summed E-state index contributed by atoms with van der Waals surface area (Å²) in [5.41, 5.74) is 1.82. The monoisotopic (exact) mass is 413 g/mol. The van der Waals surface area contributed by atoms with Crippen LogP contribution in [0.15, 0.2) is 24.4 Å². The second-order valence-electron chi connectivity index (χ2n) is 8.35. The van der Waals surface area contributed by atoms with Gasteiger partial charge in [0.2, 0.25) is 12.7 Å². The molecule has 1 aromatic carbocycles. The number of aromatic nitrogens is 3. The zero-order valence-corrected chi connectivity index (χ0v) is 16.9. The predicted octanol–water partition coefficient (Wildman–Crippen LogP) is 0.568. The van der Waals surface area contributed by atoms with E-state index in [9.17, 15) is 4.79 Å². The van der Waals surface area contributed by atoms with Crippen LogP contribution in [0.25, 0.3) is 0 Å². The van der Waals surface area contributed by atoms with Crippen LogP contribution in [-0.2, 0) is 24.3 Å². The molecule has 3 saturated heterocycles. The average molecular weight is 413 g/mol. The van der Waals surface area contributed by atoms with Crippen molar-refractivity contribution in [3.8, 4) is 11.5 Å². The quantitative estimate of drug-likeness (QED) is 0.684. The third-order valence-corrected chi connectivity index (χ3v) is 6.47. The van der Waals surface area contributed by atoms with Crippen LogP contribution in [-0.4, -0.2) is 63.4 Å². The van der Waals surface area contributed by atoms with Crippen molar-refractivity contribution in [2.45, 2.75) is 38.4 Å². The molecule has 4 atom stereocenters. The van der Waals surface area contributed by atoms with E-state index in [1.165, 1.54) is 0 Å². The summed E-state index contributed by atoms with van der Waals surface area (Å²) in [7, 11) is 0. The van der Waals surface area contributed by atoms with Crippen molar-refractivity contribution in [2.24, 2.45) is 11.8 Å². The van der Waals surface area contributed by atoms with Gasteiger partial charge < -0.3 is 19.9 Å². The van der Waals surface area contributed by atoms with Crippen LogP contribution in [0.5, 0.6) is 11.5 Å². The van der Waals surface area contributed by atoms with Crippen molar-refractivity contribution in [1.82, 2.24) is 25.2 Å². The SMILES string of the molecule is O=C(NCc1ccc2c(c1)OCO2)[C@H]1CN2CC[C@@H]1C[C@@H]2Cn1cc(CCO)nn1. The highest BCUT2D eigenvalue weighted by molar-refractivity contribution is 5.79. The summed E-state index contributed by atoms with van der Waals surface area (Å²) in [6.45, 7) is 3.43. The number of hydrogen-bond acceptors (Lipinski definition) is 7. The highest BCUT2D eigenvalue weighted by atomic mass is 16.7. The van der Waals surface area contributed by atoms with Gasteiger partial charge in [-0.2, -0.15) is 0 Å². The molecule has 6 rings (SSSR count). The first-order valence-electron chi connectivity index (χ1n) is 10.6. The van der Waals surface area contributed by atoms with E-state index in [2.05, 4.69) is 20.5 Å². The number of aliphatic hydroxyl groups is 1. The maximum Gasteiger partial charge on any atom is 0.231 e. The first kappa shape index (κ1) is 19.3. The Bertz CT molecular complexity index is 917. The Morgan fingerprint density at radius 1 is 1.30 bits per heavy atom. The topological polar surface area (TPSA) is 102 Å². The maximum atomic E-state index is 12.9. The molecular weight excluding hydrogens is 386 g/mol. The second-order valence-corrected chi connectivity index (χ2v) is 8.35. The number of carbonyl (C=O) groups is 1. The Balaban J connectivity index is 1.16. The molecule has 2 N–H and O–H groups in total. The smallest absolute Gasteiger partial charge is 0.231 e. The number of ether oxygens (including phenoxy) is 2. The van der Waals surface area contributed by atoms with E-state index >= 15 is 0 Å². The van der Waals surface area contributed by atoms with Crippen LogP contribution in [0, 0.1) is 11.8 Å². The molecule has 1 amide bonds. The lowest BCUT2D eigenvalue weighted by molar-refractivity contribution is -0.133. The van der Waals surface area contributed by atoms with E-state index in [1.54, 1.807) is 0 Å². The van der Waals surface area contributed by atoms with Crippen LogP contribution in [0.2, 0.25) is 0 Å². The summed E-state index contributed by atoms with van der Waals surface area (Å²) in [4.78, 5) is 15.3. The summed E-state index contributed by atoms with van der Waals surface area (Å²) < 4.78 is 12.6. The lowest BCUT2D eigenvalue weighted by atomic mass is 9.75. The molecule has 160 valence electrons. The van der Waals surface area contributed by atoms with E-state index in [0.29, 0.717) is 24.9 Å². The lowest BCUT2D eigenvalue weighted by Gasteiger charge is -2.49. The van der Waals surface area contributed by atoms with Gasteiger partial charge in [-0.15, -0.1) is 5.10 Å². The molecule has 4 aliphatic heterocycles. The van der Waals surface area contributed by atoms with Crippen molar-refractivity contribution in [3.05, 3.63) is 35.7 Å². The fourth-order valence-electron chi connectivity index (χ4n) is 4.87. The Labute approximate surface area is 175 Å². The molecule has 5 heterocycles. The van der Waals surface area contributed by atoms with E-state index < -0.39 is 0 Å². The van der Waals surface area contributed by atoms with Crippen LogP contribution in [0.4, 0.5) is 0 Å². The molecule has 9 heteroatoms. The number of amides is 1. The van der Waals surface area contributed by atoms with Crippen molar-refractivity contribution in [1.29, 1.82) is 0 Å². The standard InChI is InChI=1S/C21H27N5O4/c27-6-4-16-10-26(24-23-16)11-17-8-15-3-5-25(17)12-18(15)21(28)22-9-14-1-2-19-20(7-14)30-13-29-19/h1-2,7,10,15,17-18,27H,3-6,8-9,11-13H2,(H,22,28)/t15-,17-,18+/m1/s1. The molecular formula is C21H27N5O4. The van der Waals surface area contributed by atoms with Gasteiger partial charge in [0, 0.05) is 38.4 Å². The van der Waals surface area contributed by atoms with E-state index in [4.69, 9.17) is 14.6 Å². The average Bonchev–Trinajstić information content (AvgIpc) is 3.41. The number of aliphatic hydroxyl groups excluding tert-OH is 1. The summed E-state index contributed by atoms with van der Waals surface area (Å²) in [5, 5.41) is 20.4. The molecule has 0 radical (unpaired) electrons. The zero-order valence-electron chi connectivity index (χ0n) is 16.9. The molecule has 3 fully saturated rings. The third-order valence-electron chi connectivity index (χ3n) is 6.47. The van der Waals surface area contributed by atoms with Gasteiger partial charge in [-0.3, -0.25) is 14.4 Å². The van der Waals surface area contributed by atoms with Gasteiger partial charge in [-0.1, -0.05) is 11.3 Å². The Kier molecular flexibility index (Phi) is 5.30. The van der Waals surface area contributed by atoms with Crippen LogP contribution < -0.4 is 14.8 Å². The first-order valence-corrected chi connectivity index (χ1v) is 10.6. The van der Waals surface area contributed by atoms with E-state index in [-0.39, 0.29) is 25.2 Å². The number of nitrogens with zero attached hydrogens (tertiary/aromatic N) is 4. The minimum atomic E-state index is 0.0321. The van der Waals surface area contributed by atoms with Gasteiger partial charge in [0.1, 0.15) is 0 Å². The highest BCUT2D eigenvalue weighted by Gasteiger charge is 2.43. The first-order chi connectivity index (χ1) is 14.7. The van der Waals surface area contributed by atoms with Crippen molar-refractivity contribution in [3.63, 3.8) is 0 Å². The second kappa shape index (κ2) is 8.23. The molecule has 30 heavy (non-hydrogen) atoms. The van der Waals surface area contributed by atoms with Crippen molar-refractivity contribution in [2.75, 3.05) is 26.5 Å².